The molecule has 0 saturated carbocycles. The Kier molecular flexibility index (Phi) is 48.6. The number of allylic oxidation sites excluding steroid dienone is 11. The Morgan fingerprint density at radius 2 is 0.854 bits per heavy atom. The molecule has 12 atom stereocenters. The van der Waals surface area contributed by atoms with E-state index in [2.05, 4.69) is 79.9 Å². The molecule has 2 heterocycles. The zero-order chi connectivity index (χ0) is 59.5. The average molecular weight is 1160 g/mol. The van der Waals surface area contributed by atoms with E-state index in [0.717, 1.165) is 77.0 Å². The Morgan fingerprint density at radius 3 is 1.34 bits per heavy atom. The third-order valence-electron chi connectivity index (χ3n) is 15.9. The molecule has 0 aromatic heterocycles. The van der Waals surface area contributed by atoms with Crippen LogP contribution in [-0.4, -0.2) is 140 Å². The van der Waals surface area contributed by atoms with Crippen LogP contribution in [-0.2, 0) is 23.7 Å². The largest absolute Gasteiger partial charge is 0.394 e. The van der Waals surface area contributed by atoms with Gasteiger partial charge >= 0.3 is 0 Å². The molecule has 0 aromatic rings. The summed E-state index contributed by atoms with van der Waals surface area (Å²) in [7, 11) is 0. The molecule has 2 rings (SSSR count). The van der Waals surface area contributed by atoms with E-state index in [4.69, 9.17) is 18.9 Å². The summed E-state index contributed by atoms with van der Waals surface area (Å²) in [5.74, 6) is -0.272. The van der Waals surface area contributed by atoms with Crippen LogP contribution in [0.1, 0.15) is 258 Å². The van der Waals surface area contributed by atoms with Gasteiger partial charge in [0.25, 0.3) is 0 Å². The smallest absolute Gasteiger partial charge is 0.220 e. The standard InChI is InChI=1S/C68H121NO13/c1-3-5-7-9-11-13-15-17-19-20-21-22-23-24-25-26-27-28-29-30-31-32-33-34-35-36-38-39-41-43-45-47-49-51-57(72)56(69-60(73)52-50-48-46-44-42-40-37-18-16-14-12-10-8-6-4-2)55-79-67-65(78)63(76)66(59(54-71)81-67)82-68-64(77)62(75)61(74)58(53-70)80-68/h6,8,12,14,18,35-37,41,43,49,51,56-59,61-68,70-72,74-78H,3-5,7,9-11,13,15-17,19-34,38-40,42,44-48,50,52-55H2,1-2H3,(H,69,73)/b8-6-,14-12-,36-35+,37-18-,43-41+,51-49+. The van der Waals surface area contributed by atoms with Gasteiger partial charge in [0.05, 0.1) is 32.0 Å². The van der Waals surface area contributed by atoms with Crippen LogP contribution in [0, 0.1) is 0 Å². The number of nitrogens with one attached hydrogen (secondary N) is 1. The topological polar surface area (TPSA) is 228 Å². The van der Waals surface area contributed by atoms with Gasteiger partial charge in [0.15, 0.2) is 12.6 Å². The zero-order valence-corrected chi connectivity index (χ0v) is 51.5. The fourth-order valence-corrected chi connectivity index (χ4v) is 10.6. The third kappa shape index (κ3) is 37.1. The van der Waals surface area contributed by atoms with Gasteiger partial charge in [0.1, 0.15) is 48.8 Å². The Balaban J connectivity index is 1.69. The molecular weight excluding hydrogens is 1040 g/mol. The number of hydrogen-bond acceptors (Lipinski definition) is 13. The Hall–Kier alpha value is -2.57. The van der Waals surface area contributed by atoms with Crippen LogP contribution in [0.5, 0.6) is 0 Å². The molecule has 0 bridgehead atoms. The molecular formula is C68H121NO13. The molecule has 0 radical (unpaired) electrons. The van der Waals surface area contributed by atoms with Crippen LogP contribution in [0.15, 0.2) is 72.9 Å². The fourth-order valence-electron chi connectivity index (χ4n) is 10.6. The number of rotatable bonds is 53. The molecule has 0 aromatic carbocycles. The maximum Gasteiger partial charge on any atom is 0.220 e. The second kappa shape index (κ2) is 52.7. The quantitative estimate of drug-likeness (QED) is 0.0204. The van der Waals surface area contributed by atoms with E-state index >= 15 is 0 Å². The SMILES string of the molecule is CC/C=C\C/C=C\C/C=C\CCCCCCCC(=O)NC(COC1OC(CO)C(OC2OC(CO)C(O)C(O)C2O)C(O)C1O)C(O)/C=C/CC/C=C/CC/C=C/CCCCCCCCCCCCCCCCCCCCCCCCC. The van der Waals surface area contributed by atoms with Crippen molar-refractivity contribution in [3.05, 3.63) is 72.9 Å². The highest BCUT2D eigenvalue weighted by atomic mass is 16.7. The Morgan fingerprint density at radius 1 is 0.451 bits per heavy atom. The van der Waals surface area contributed by atoms with Gasteiger partial charge in [-0.15, -0.1) is 0 Å². The molecule has 9 N–H and O–H groups in total. The van der Waals surface area contributed by atoms with E-state index in [1.165, 1.54) is 148 Å². The minimum atomic E-state index is -1.80. The van der Waals surface area contributed by atoms with Gasteiger partial charge in [0, 0.05) is 6.42 Å². The summed E-state index contributed by atoms with van der Waals surface area (Å²) < 4.78 is 22.8. The lowest BCUT2D eigenvalue weighted by Gasteiger charge is -2.46. The number of aliphatic hydroxyl groups excluding tert-OH is 8. The first kappa shape index (κ1) is 75.5. The number of hydrogen-bond donors (Lipinski definition) is 9. The molecule has 2 aliphatic heterocycles. The third-order valence-corrected chi connectivity index (χ3v) is 15.9. The van der Waals surface area contributed by atoms with Crippen LogP contribution >= 0.6 is 0 Å². The van der Waals surface area contributed by atoms with Gasteiger partial charge in [-0.3, -0.25) is 4.79 Å². The molecule has 0 spiro atoms. The summed E-state index contributed by atoms with van der Waals surface area (Å²) in [6.07, 6.45) is 54.1. The summed E-state index contributed by atoms with van der Waals surface area (Å²) in [4.78, 5) is 13.2. The highest BCUT2D eigenvalue weighted by molar-refractivity contribution is 5.76. The predicted octanol–water partition coefficient (Wildman–Crippen LogP) is 12.7. The molecule has 14 heteroatoms. The number of amides is 1. The minimum Gasteiger partial charge on any atom is -0.394 e. The van der Waals surface area contributed by atoms with E-state index in [-0.39, 0.29) is 18.9 Å². The normalized spacial score (nSPS) is 24.4. The van der Waals surface area contributed by atoms with E-state index < -0.39 is 86.8 Å². The Bertz CT molecular complexity index is 1650. The summed E-state index contributed by atoms with van der Waals surface area (Å²) in [5.41, 5.74) is 0. The molecule has 0 aliphatic carbocycles. The number of carbonyl (C=O) groups excluding carboxylic acids is 1. The number of carbonyl (C=O) groups is 1. The number of aliphatic hydroxyl groups is 8. The van der Waals surface area contributed by atoms with Crippen LogP contribution in [0.4, 0.5) is 0 Å². The number of unbranched alkanes of at least 4 members (excludes halogenated alkanes) is 30. The monoisotopic (exact) mass is 1160 g/mol. The molecule has 82 heavy (non-hydrogen) atoms. The van der Waals surface area contributed by atoms with Gasteiger partial charge in [-0.05, 0) is 77.0 Å². The van der Waals surface area contributed by atoms with Crippen molar-refractivity contribution in [2.24, 2.45) is 0 Å². The molecule has 2 aliphatic rings. The van der Waals surface area contributed by atoms with Crippen LogP contribution in [0.25, 0.3) is 0 Å². The van der Waals surface area contributed by atoms with Gasteiger partial charge in [0.2, 0.25) is 5.91 Å². The minimum absolute atomic E-state index is 0.247. The summed E-state index contributed by atoms with van der Waals surface area (Å²) in [5, 5.41) is 87.1. The van der Waals surface area contributed by atoms with Crippen molar-refractivity contribution in [3.8, 4) is 0 Å². The van der Waals surface area contributed by atoms with Crippen LogP contribution < -0.4 is 5.32 Å². The first-order valence-corrected chi connectivity index (χ1v) is 33.2. The first-order chi connectivity index (χ1) is 40.1. The fraction of sp³-hybridized carbons (Fsp3) is 0.809. The van der Waals surface area contributed by atoms with Crippen molar-refractivity contribution in [3.63, 3.8) is 0 Å². The van der Waals surface area contributed by atoms with Crippen molar-refractivity contribution in [2.75, 3.05) is 19.8 Å². The van der Waals surface area contributed by atoms with Crippen molar-refractivity contribution in [2.45, 2.75) is 331 Å². The molecule has 14 nitrogen and oxygen atoms in total. The lowest BCUT2D eigenvalue weighted by Crippen LogP contribution is -2.65. The van der Waals surface area contributed by atoms with Crippen molar-refractivity contribution >= 4 is 5.91 Å². The van der Waals surface area contributed by atoms with Gasteiger partial charge in [-0.25, -0.2) is 0 Å². The van der Waals surface area contributed by atoms with Crippen molar-refractivity contribution < 1.29 is 64.6 Å². The summed E-state index contributed by atoms with van der Waals surface area (Å²) in [6, 6.07) is -0.951. The van der Waals surface area contributed by atoms with E-state index in [1.54, 1.807) is 6.08 Å². The highest BCUT2D eigenvalue weighted by Gasteiger charge is 2.51. The molecule has 2 fully saturated rings. The van der Waals surface area contributed by atoms with E-state index in [0.29, 0.717) is 12.8 Å². The molecule has 12 unspecified atom stereocenters. The van der Waals surface area contributed by atoms with Crippen LogP contribution in [0.3, 0.4) is 0 Å². The van der Waals surface area contributed by atoms with E-state index in [9.17, 15) is 45.6 Å². The second-order valence-electron chi connectivity index (χ2n) is 23.2. The zero-order valence-electron chi connectivity index (χ0n) is 51.5. The van der Waals surface area contributed by atoms with Gasteiger partial charge < -0.3 is 65.1 Å². The maximum absolute atomic E-state index is 13.2. The van der Waals surface area contributed by atoms with Gasteiger partial charge in [-0.2, -0.15) is 0 Å². The maximum atomic E-state index is 13.2. The Labute approximate surface area is 498 Å². The van der Waals surface area contributed by atoms with Crippen molar-refractivity contribution in [1.82, 2.24) is 5.32 Å². The van der Waals surface area contributed by atoms with Crippen molar-refractivity contribution in [1.29, 1.82) is 0 Å². The molecule has 1 amide bonds. The molecule has 476 valence electrons. The average Bonchev–Trinajstić information content (AvgIpc) is 3.53. The van der Waals surface area contributed by atoms with E-state index in [1.807, 2.05) is 6.08 Å². The molecule has 2 saturated heterocycles. The predicted molar refractivity (Wildman–Crippen MR) is 332 cm³/mol. The summed E-state index contributed by atoms with van der Waals surface area (Å²) in [6.45, 7) is 2.66. The highest BCUT2D eigenvalue weighted by Crippen LogP contribution is 2.30. The number of ether oxygens (including phenoxy) is 4. The van der Waals surface area contributed by atoms with Crippen LogP contribution in [0.2, 0.25) is 0 Å². The lowest BCUT2D eigenvalue weighted by molar-refractivity contribution is -0.359. The summed E-state index contributed by atoms with van der Waals surface area (Å²) >= 11 is 0. The first-order valence-electron chi connectivity index (χ1n) is 33.2. The van der Waals surface area contributed by atoms with Gasteiger partial charge in [-0.1, -0.05) is 247 Å². The lowest BCUT2D eigenvalue weighted by atomic mass is 9.97. The second-order valence-corrected chi connectivity index (χ2v) is 23.2.